The highest BCUT2D eigenvalue weighted by atomic mass is 79.9. The molecule has 1 aromatic rings. The molecule has 0 amide bonds. The van der Waals surface area contributed by atoms with Crippen LogP contribution < -0.4 is 0 Å². The molecule has 1 aliphatic heterocycles. The van der Waals surface area contributed by atoms with E-state index >= 15 is 0 Å². The average molecular weight is 332 g/mol. The lowest BCUT2D eigenvalue weighted by molar-refractivity contribution is -0.152. The van der Waals surface area contributed by atoms with Crippen molar-refractivity contribution < 1.29 is 9.90 Å². The fourth-order valence-electron chi connectivity index (χ4n) is 2.52. The molecule has 2 heterocycles. The Morgan fingerprint density at radius 2 is 2.17 bits per heavy atom. The monoisotopic (exact) mass is 331 g/mol. The van der Waals surface area contributed by atoms with Crippen LogP contribution in [0.4, 0.5) is 0 Å². The molecule has 0 aliphatic carbocycles. The van der Waals surface area contributed by atoms with Crippen molar-refractivity contribution in [2.75, 3.05) is 13.1 Å². The summed E-state index contributed by atoms with van der Waals surface area (Å²) in [5, 5.41) is 13.6. The molecule has 1 aromatic heterocycles. The van der Waals surface area contributed by atoms with Crippen LogP contribution in [0.2, 0.25) is 0 Å². The van der Waals surface area contributed by atoms with Crippen LogP contribution in [-0.4, -0.2) is 29.1 Å². The normalized spacial score (nSPS) is 19.9. The molecule has 0 unspecified atom stereocenters. The van der Waals surface area contributed by atoms with E-state index in [1.54, 1.807) is 11.3 Å². The van der Waals surface area contributed by atoms with E-state index in [-0.39, 0.29) is 0 Å². The number of carboxylic acid groups (broad SMARTS) is 1. The largest absolute Gasteiger partial charge is 0.481 e. The van der Waals surface area contributed by atoms with Gasteiger partial charge in [-0.2, -0.15) is 11.3 Å². The van der Waals surface area contributed by atoms with Gasteiger partial charge in [0.1, 0.15) is 0 Å². The number of thiophene rings is 1. The van der Waals surface area contributed by atoms with Gasteiger partial charge in [-0.15, -0.1) is 0 Å². The van der Waals surface area contributed by atoms with Crippen molar-refractivity contribution in [1.29, 1.82) is 0 Å². The summed E-state index contributed by atoms with van der Waals surface area (Å²) in [4.78, 5) is 13.7. The average Bonchev–Trinajstić information content (AvgIpc) is 2.76. The van der Waals surface area contributed by atoms with Gasteiger partial charge >= 0.3 is 5.97 Å². The van der Waals surface area contributed by atoms with Gasteiger partial charge in [0.05, 0.1) is 5.41 Å². The predicted octanol–water partition coefficient (Wildman–Crippen LogP) is 3.59. The number of carboxylic acids is 1. The van der Waals surface area contributed by atoms with Gasteiger partial charge in [0, 0.05) is 16.4 Å². The third-order valence-electron chi connectivity index (χ3n) is 4.03. The number of piperidine rings is 1. The van der Waals surface area contributed by atoms with Gasteiger partial charge in [0.15, 0.2) is 0 Å². The van der Waals surface area contributed by atoms with Crippen molar-refractivity contribution in [2.24, 2.45) is 5.41 Å². The summed E-state index contributed by atoms with van der Waals surface area (Å²) in [5.41, 5.74) is 0.821. The van der Waals surface area contributed by atoms with E-state index in [1.807, 2.05) is 6.92 Å². The van der Waals surface area contributed by atoms with Crippen molar-refractivity contribution in [1.82, 2.24) is 4.90 Å². The number of hydrogen-bond donors (Lipinski definition) is 1. The Kier molecular flexibility index (Phi) is 4.45. The fourth-order valence-corrected chi connectivity index (χ4v) is 3.94. The molecule has 1 fully saturated rings. The SMILES string of the molecule is CCC1(C(=O)O)CCN(Cc2cscc2Br)CC1. The van der Waals surface area contributed by atoms with Crippen LogP contribution in [0, 0.1) is 5.41 Å². The third-order valence-corrected chi connectivity index (χ3v) is 5.86. The minimum absolute atomic E-state index is 0.484. The van der Waals surface area contributed by atoms with Gasteiger partial charge in [-0.25, -0.2) is 0 Å². The first kappa shape index (κ1) is 14.0. The Hall–Kier alpha value is -0.390. The second-order valence-electron chi connectivity index (χ2n) is 4.96. The van der Waals surface area contributed by atoms with Crippen LogP contribution in [0.1, 0.15) is 31.7 Å². The quantitative estimate of drug-likeness (QED) is 0.916. The summed E-state index contributed by atoms with van der Waals surface area (Å²) in [7, 11) is 0. The molecule has 0 atom stereocenters. The molecule has 1 saturated heterocycles. The van der Waals surface area contributed by atoms with Gasteiger partial charge < -0.3 is 5.11 Å². The van der Waals surface area contributed by atoms with E-state index in [2.05, 4.69) is 31.6 Å². The van der Waals surface area contributed by atoms with Crippen LogP contribution in [0.5, 0.6) is 0 Å². The fraction of sp³-hybridized carbons (Fsp3) is 0.615. The van der Waals surface area contributed by atoms with E-state index in [9.17, 15) is 9.90 Å². The molecule has 2 rings (SSSR count). The first-order valence-electron chi connectivity index (χ1n) is 6.24. The number of halogens is 1. The first-order chi connectivity index (χ1) is 8.57. The lowest BCUT2D eigenvalue weighted by Gasteiger charge is -2.38. The van der Waals surface area contributed by atoms with E-state index in [4.69, 9.17) is 0 Å². The van der Waals surface area contributed by atoms with Crippen molar-refractivity contribution in [2.45, 2.75) is 32.7 Å². The van der Waals surface area contributed by atoms with Crippen LogP contribution in [0.25, 0.3) is 0 Å². The first-order valence-corrected chi connectivity index (χ1v) is 7.97. The minimum Gasteiger partial charge on any atom is -0.481 e. The highest BCUT2D eigenvalue weighted by molar-refractivity contribution is 9.10. The maximum atomic E-state index is 11.4. The van der Waals surface area contributed by atoms with Gasteiger partial charge in [-0.05, 0) is 59.2 Å². The van der Waals surface area contributed by atoms with Gasteiger partial charge in [0.25, 0.3) is 0 Å². The summed E-state index contributed by atoms with van der Waals surface area (Å²) < 4.78 is 1.16. The summed E-state index contributed by atoms with van der Waals surface area (Å²) in [6.45, 7) is 4.66. The second-order valence-corrected chi connectivity index (χ2v) is 6.56. The van der Waals surface area contributed by atoms with Crippen molar-refractivity contribution in [3.8, 4) is 0 Å². The molecular formula is C13H18BrNO2S. The Morgan fingerprint density at radius 1 is 1.50 bits per heavy atom. The zero-order chi connectivity index (χ0) is 13.2. The van der Waals surface area contributed by atoms with Crippen molar-refractivity contribution in [3.63, 3.8) is 0 Å². The molecule has 18 heavy (non-hydrogen) atoms. The Morgan fingerprint density at radius 3 is 2.61 bits per heavy atom. The maximum absolute atomic E-state index is 11.4. The highest BCUT2D eigenvalue weighted by Gasteiger charge is 2.39. The summed E-state index contributed by atoms with van der Waals surface area (Å²) in [6.07, 6.45) is 2.26. The second kappa shape index (κ2) is 5.72. The molecule has 0 saturated carbocycles. The molecule has 5 heteroatoms. The summed E-state index contributed by atoms with van der Waals surface area (Å²) >= 11 is 5.24. The van der Waals surface area contributed by atoms with E-state index in [0.717, 1.165) is 43.4 Å². The third kappa shape index (κ3) is 2.78. The number of hydrogen-bond acceptors (Lipinski definition) is 3. The number of likely N-dealkylation sites (tertiary alicyclic amines) is 1. The van der Waals surface area contributed by atoms with Crippen LogP contribution >= 0.6 is 27.3 Å². The lowest BCUT2D eigenvalue weighted by atomic mass is 9.76. The number of aliphatic carboxylic acids is 1. The molecule has 0 spiro atoms. The Balaban J connectivity index is 1.94. The zero-order valence-electron chi connectivity index (χ0n) is 10.5. The maximum Gasteiger partial charge on any atom is 0.309 e. The van der Waals surface area contributed by atoms with Crippen LogP contribution in [0.15, 0.2) is 15.2 Å². The van der Waals surface area contributed by atoms with E-state index in [0.29, 0.717) is 0 Å². The summed E-state index contributed by atoms with van der Waals surface area (Å²) in [6, 6.07) is 0. The van der Waals surface area contributed by atoms with Gasteiger partial charge in [0.2, 0.25) is 0 Å². The van der Waals surface area contributed by atoms with E-state index < -0.39 is 11.4 Å². The minimum atomic E-state index is -0.624. The molecule has 0 bridgehead atoms. The zero-order valence-corrected chi connectivity index (χ0v) is 12.9. The molecule has 0 radical (unpaired) electrons. The number of rotatable bonds is 4. The smallest absolute Gasteiger partial charge is 0.309 e. The molecule has 0 aromatic carbocycles. The Labute approximate surface area is 120 Å². The van der Waals surface area contributed by atoms with Gasteiger partial charge in [-0.3, -0.25) is 9.69 Å². The Bertz CT molecular complexity index is 424. The van der Waals surface area contributed by atoms with Crippen molar-refractivity contribution in [3.05, 3.63) is 20.8 Å². The number of nitrogens with zero attached hydrogens (tertiary/aromatic N) is 1. The molecule has 1 N–H and O–H groups in total. The lowest BCUT2D eigenvalue weighted by Crippen LogP contribution is -2.43. The number of carbonyl (C=O) groups is 1. The van der Waals surface area contributed by atoms with Gasteiger partial charge in [-0.1, -0.05) is 6.92 Å². The highest BCUT2D eigenvalue weighted by Crippen LogP contribution is 2.36. The standard InChI is InChI=1S/C13H18BrNO2S/c1-2-13(12(16)17)3-5-15(6-4-13)7-10-8-18-9-11(10)14/h8-9H,2-7H2,1H3,(H,16,17). The molecule has 1 aliphatic rings. The van der Waals surface area contributed by atoms with Crippen LogP contribution in [-0.2, 0) is 11.3 Å². The van der Waals surface area contributed by atoms with Crippen LogP contribution in [0.3, 0.4) is 0 Å². The molecule has 100 valence electrons. The predicted molar refractivity (Wildman–Crippen MR) is 76.9 cm³/mol. The van der Waals surface area contributed by atoms with Crippen molar-refractivity contribution >= 4 is 33.2 Å². The topological polar surface area (TPSA) is 40.5 Å². The molecular weight excluding hydrogens is 314 g/mol. The summed E-state index contributed by atoms with van der Waals surface area (Å²) in [5.74, 6) is -0.624. The van der Waals surface area contributed by atoms with E-state index in [1.165, 1.54) is 5.56 Å². The molecule has 3 nitrogen and oxygen atoms in total.